The summed E-state index contributed by atoms with van der Waals surface area (Å²) in [4.78, 5) is 6.28. The predicted octanol–water partition coefficient (Wildman–Crippen LogP) is 3.70. The first-order valence-electron chi connectivity index (χ1n) is 5.69. The Bertz CT molecular complexity index is 456. The molecule has 2 rings (SSSR count). The van der Waals surface area contributed by atoms with Gasteiger partial charge in [0.1, 0.15) is 10.8 Å². The van der Waals surface area contributed by atoms with Crippen LogP contribution in [0.4, 0.5) is 10.1 Å². The van der Waals surface area contributed by atoms with E-state index in [4.69, 9.17) is 0 Å². The summed E-state index contributed by atoms with van der Waals surface area (Å²) < 4.78 is 13.7. The maximum atomic E-state index is 13.7. The fourth-order valence-corrected chi connectivity index (χ4v) is 2.39. The van der Waals surface area contributed by atoms with E-state index in [0.29, 0.717) is 12.2 Å². The number of anilines is 1. The van der Waals surface area contributed by atoms with E-state index in [9.17, 15) is 4.39 Å². The average molecular weight is 250 g/mol. The standard InChI is InChI=1S/C13H15FN2S/c1-2-8-16(10-13-15-7-9-17-13)12-6-4-3-5-11(12)14/h3-7,9H,2,8,10H2,1H3. The molecule has 0 fully saturated rings. The van der Waals surface area contributed by atoms with Gasteiger partial charge in [0.15, 0.2) is 0 Å². The molecule has 0 aliphatic rings. The van der Waals surface area contributed by atoms with Crippen LogP contribution in [0, 0.1) is 5.82 Å². The lowest BCUT2D eigenvalue weighted by molar-refractivity contribution is 0.614. The van der Waals surface area contributed by atoms with E-state index in [-0.39, 0.29) is 5.82 Å². The fraction of sp³-hybridized carbons (Fsp3) is 0.308. The number of nitrogens with zero attached hydrogens (tertiary/aromatic N) is 2. The van der Waals surface area contributed by atoms with Gasteiger partial charge in [-0.15, -0.1) is 11.3 Å². The average Bonchev–Trinajstić information content (AvgIpc) is 2.82. The quantitative estimate of drug-likeness (QED) is 0.804. The molecule has 4 heteroatoms. The molecule has 17 heavy (non-hydrogen) atoms. The molecule has 0 aliphatic heterocycles. The minimum Gasteiger partial charge on any atom is -0.362 e. The fourth-order valence-electron chi connectivity index (χ4n) is 1.76. The molecule has 1 heterocycles. The molecule has 2 nitrogen and oxygen atoms in total. The Hall–Kier alpha value is -1.42. The first-order valence-corrected chi connectivity index (χ1v) is 6.57. The van der Waals surface area contributed by atoms with Crippen LogP contribution >= 0.6 is 11.3 Å². The molecule has 0 radical (unpaired) electrons. The maximum Gasteiger partial charge on any atom is 0.146 e. The smallest absolute Gasteiger partial charge is 0.146 e. The molecule has 1 aromatic heterocycles. The van der Waals surface area contributed by atoms with E-state index in [1.165, 1.54) is 6.07 Å². The highest BCUT2D eigenvalue weighted by atomic mass is 32.1. The van der Waals surface area contributed by atoms with Gasteiger partial charge in [0.25, 0.3) is 0 Å². The van der Waals surface area contributed by atoms with E-state index in [0.717, 1.165) is 18.0 Å². The molecule has 0 unspecified atom stereocenters. The monoisotopic (exact) mass is 250 g/mol. The summed E-state index contributed by atoms with van der Waals surface area (Å²) in [5, 5.41) is 2.96. The summed E-state index contributed by atoms with van der Waals surface area (Å²) in [6.07, 6.45) is 2.77. The van der Waals surface area contributed by atoms with Gasteiger partial charge in [-0.1, -0.05) is 19.1 Å². The van der Waals surface area contributed by atoms with Crippen LogP contribution in [0.2, 0.25) is 0 Å². The van der Waals surface area contributed by atoms with Gasteiger partial charge in [-0.05, 0) is 18.6 Å². The van der Waals surface area contributed by atoms with Crippen LogP contribution in [0.3, 0.4) is 0 Å². The zero-order valence-corrected chi connectivity index (χ0v) is 10.6. The van der Waals surface area contributed by atoms with E-state index in [1.54, 1.807) is 23.6 Å². The molecule has 2 aromatic rings. The molecular formula is C13H15FN2S. The van der Waals surface area contributed by atoms with E-state index in [1.807, 2.05) is 22.4 Å². The summed E-state index contributed by atoms with van der Waals surface area (Å²) in [7, 11) is 0. The van der Waals surface area contributed by atoms with E-state index >= 15 is 0 Å². The van der Waals surface area contributed by atoms with Crippen molar-refractivity contribution in [2.24, 2.45) is 0 Å². The first-order chi connectivity index (χ1) is 8.31. The lowest BCUT2D eigenvalue weighted by Crippen LogP contribution is -2.24. The SMILES string of the molecule is CCCN(Cc1nccs1)c1ccccc1F. The molecule has 1 aromatic carbocycles. The van der Waals surface area contributed by atoms with Crippen LogP contribution in [0.5, 0.6) is 0 Å². The van der Waals surface area contributed by atoms with Crippen molar-refractivity contribution in [2.45, 2.75) is 19.9 Å². The molecular weight excluding hydrogens is 235 g/mol. The van der Waals surface area contributed by atoms with Crippen LogP contribution in [0.25, 0.3) is 0 Å². The number of hydrogen-bond donors (Lipinski definition) is 0. The second kappa shape index (κ2) is 5.77. The molecule has 0 saturated heterocycles. The van der Waals surface area contributed by atoms with Gasteiger partial charge in [-0.2, -0.15) is 0 Å². The van der Waals surface area contributed by atoms with Crippen molar-refractivity contribution in [3.05, 3.63) is 46.7 Å². The van der Waals surface area contributed by atoms with Gasteiger partial charge >= 0.3 is 0 Å². The van der Waals surface area contributed by atoms with Crippen molar-refractivity contribution in [1.29, 1.82) is 0 Å². The Morgan fingerprint density at radius 2 is 2.18 bits per heavy atom. The first kappa shape index (κ1) is 12.0. The number of para-hydroxylation sites is 1. The molecule has 0 spiro atoms. The summed E-state index contributed by atoms with van der Waals surface area (Å²) in [5.41, 5.74) is 0.657. The number of halogens is 1. The maximum absolute atomic E-state index is 13.7. The Labute approximate surface area is 105 Å². The third-order valence-electron chi connectivity index (χ3n) is 2.50. The Morgan fingerprint density at radius 1 is 1.35 bits per heavy atom. The van der Waals surface area contributed by atoms with Crippen LogP contribution < -0.4 is 4.90 Å². The van der Waals surface area contributed by atoms with Crippen LogP contribution in [0.1, 0.15) is 18.4 Å². The van der Waals surface area contributed by atoms with E-state index < -0.39 is 0 Å². The molecule has 0 N–H and O–H groups in total. The Balaban J connectivity index is 2.20. The third-order valence-corrected chi connectivity index (χ3v) is 3.26. The highest BCUT2D eigenvalue weighted by molar-refractivity contribution is 7.09. The predicted molar refractivity (Wildman–Crippen MR) is 69.9 cm³/mol. The highest BCUT2D eigenvalue weighted by Crippen LogP contribution is 2.21. The molecule has 0 bridgehead atoms. The summed E-state index contributed by atoms with van der Waals surface area (Å²) in [5.74, 6) is -0.169. The minimum absolute atomic E-state index is 0.169. The number of rotatable bonds is 5. The molecule has 0 aliphatic carbocycles. The van der Waals surface area contributed by atoms with Gasteiger partial charge < -0.3 is 4.90 Å². The number of aromatic nitrogens is 1. The van der Waals surface area contributed by atoms with Crippen molar-refractivity contribution in [3.63, 3.8) is 0 Å². The summed E-state index contributed by atoms with van der Waals surface area (Å²) >= 11 is 1.60. The molecule has 0 amide bonds. The van der Waals surface area contributed by atoms with Gasteiger partial charge in [0, 0.05) is 18.1 Å². The van der Waals surface area contributed by atoms with Crippen LogP contribution in [-0.2, 0) is 6.54 Å². The summed E-state index contributed by atoms with van der Waals surface area (Å²) in [6.45, 7) is 3.60. The number of benzene rings is 1. The molecule has 90 valence electrons. The lowest BCUT2D eigenvalue weighted by atomic mass is 10.2. The van der Waals surface area contributed by atoms with Gasteiger partial charge in [-0.3, -0.25) is 0 Å². The number of hydrogen-bond acceptors (Lipinski definition) is 3. The van der Waals surface area contributed by atoms with Crippen molar-refractivity contribution < 1.29 is 4.39 Å². The van der Waals surface area contributed by atoms with Gasteiger partial charge in [-0.25, -0.2) is 9.37 Å². The third kappa shape index (κ3) is 3.03. The normalized spacial score (nSPS) is 10.5. The highest BCUT2D eigenvalue weighted by Gasteiger charge is 2.11. The largest absolute Gasteiger partial charge is 0.362 e. The van der Waals surface area contributed by atoms with Crippen LogP contribution in [0.15, 0.2) is 35.8 Å². The Kier molecular flexibility index (Phi) is 4.09. The minimum atomic E-state index is -0.169. The van der Waals surface area contributed by atoms with Crippen LogP contribution in [-0.4, -0.2) is 11.5 Å². The van der Waals surface area contributed by atoms with Crippen molar-refractivity contribution >= 4 is 17.0 Å². The van der Waals surface area contributed by atoms with Crippen molar-refractivity contribution in [3.8, 4) is 0 Å². The molecule has 0 atom stereocenters. The second-order valence-electron chi connectivity index (χ2n) is 3.80. The van der Waals surface area contributed by atoms with Crippen molar-refractivity contribution in [1.82, 2.24) is 4.98 Å². The topological polar surface area (TPSA) is 16.1 Å². The van der Waals surface area contributed by atoms with Gasteiger partial charge in [0.05, 0.1) is 12.2 Å². The van der Waals surface area contributed by atoms with Gasteiger partial charge in [0.2, 0.25) is 0 Å². The number of thiazole rings is 1. The second-order valence-corrected chi connectivity index (χ2v) is 4.78. The molecule has 0 saturated carbocycles. The summed E-state index contributed by atoms with van der Waals surface area (Å²) in [6, 6.07) is 6.90. The Morgan fingerprint density at radius 3 is 2.82 bits per heavy atom. The van der Waals surface area contributed by atoms with E-state index in [2.05, 4.69) is 11.9 Å². The van der Waals surface area contributed by atoms with Crippen molar-refractivity contribution in [2.75, 3.05) is 11.4 Å². The lowest BCUT2D eigenvalue weighted by Gasteiger charge is -2.23. The zero-order chi connectivity index (χ0) is 12.1. The zero-order valence-electron chi connectivity index (χ0n) is 9.77.